The van der Waals surface area contributed by atoms with E-state index in [0.29, 0.717) is 6.42 Å². The van der Waals surface area contributed by atoms with Gasteiger partial charge >= 0.3 is 0 Å². The molecule has 0 saturated carbocycles. The minimum atomic E-state index is -1.000. The summed E-state index contributed by atoms with van der Waals surface area (Å²) in [6, 6.07) is 12.9. The zero-order valence-electron chi connectivity index (χ0n) is 13.1. The zero-order valence-corrected chi connectivity index (χ0v) is 13.1. The summed E-state index contributed by atoms with van der Waals surface area (Å²) in [5.41, 5.74) is 1.27. The quantitative estimate of drug-likeness (QED) is 0.668. The maximum absolute atomic E-state index is 9.75. The number of allylic oxidation sites excluding steroid dienone is 4. The number of hydrogen-bond acceptors (Lipinski definition) is 2. The summed E-state index contributed by atoms with van der Waals surface area (Å²) in [7, 11) is 0. The van der Waals surface area contributed by atoms with E-state index in [0.717, 1.165) is 31.2 Å². The number of benzene rings is 1. The molecule has 0 radical (unpaired) electrons. The van der Waals surface area contributed by atoms with Crippen molar-refractivity contribution >= 4 is 0 Å². The Bertz CT molecular complexity index is 609. The Morgan fingerprint density at radius 3 is 2.23 bits per heavy atom. The minimum absolute atomic E-state index is 0.0953. The third-order valence-corrected chi connectivity index (χ3v) is 4.36. The second kappa shape index (κ2) is 7.62. The number of hydrogen-bond donors (Lipinski definition) is 0. The van der Waals surface area contributed by atoms with Gasteiger partial charge in [0.05, 0.1) is 12.1 Å². The minimum Gasteiger partial charge on any atom is -0.197 e. The number of nitrogens with zero attached hydrogens (tertiary/aromatic N) is 2. The number of nitriles is 2. The Kier molecular flexibility index (Phi) is 5.56. The summed E-state index contributed by atoms with van der Waals surface area (Å²) in [6.45, 7) is 2.05. The van der Waals surface area contributed by atoms with E-state index in [1.54, 1.807) is 0 Å². The first-order chi connectivity index (χ1) is 10.7. The molecule has 0 N–H and O–H groups in total. The van der Waals surface area contributed by atoms with Crippen LogP contribution in [0.3, 0.4) is 0 Å². The molecule has 1 aliphatic rings. The van der Waals surface area contributed by atoms with Crippen LogP contribution >= 0.6 is 0 Å². The van der Waals surface area contributed by atoms with Crippen molar-refractivity contribution in [3.63, 3.8) is 0 Å². The van der Waals surface area contributed by atoms with E-state index < -0.39 is 5.41 Å². The molecule has 2 rings (SSSR count). The number of aryl methyl sites for hydroxylation is 1. The summed E-state index contributed by atoms with van der Waals surface area (Å²) in [5, 5.41) is 19.5. The van der Waals surface area contributed by atoms with Gasteiger partial charge < -0.3 is 0 Å². The van der Waals surface area contributed by atoms with Crippen LogP contribution in [0, 0.1) is 35.0 Å². The predicted octanol–water partition coefficient (Wildman–Crippen LogP) is 5.19. The van der Waals surface area contributed by atoms with Crippen molar-refractivity contribution in [2.75, 3.05) is 0 Å². The average Bonchev–Trinajstić information content (AvgIpc) is 2.59. The van der Waals surface area contributed by atoms with Crippen LogP contribution < -0.4 is 0 Å². The van der Waals surface area contributed by atoms with Crippen LogP contribution in [-0.4, -0.2) is 0 Å². The maximum Gasteiger partial charge on any atom is 0.154 e. The molecular weight excluding hydrogens is 268 g/mol. The van der Waals surface area contributed by atoms with Gasteiger partial charge in [-0.25, -0.2) is 0 Å². The van der Waals surface area contributed by atoms with Crippen molar-refractivity contribution in [3.8, 4) is 12.1 Å². The molecule has 0 amide bonds. The molecule has 1 aromatic rings. The van der Waals surface area contributed by atoms with Crippen molar-refractivity contribution in [2.24, 2.45) is 5.41 Å². The van der Waals surface area contributed by atoms with Crippen LogP contribution in [0.15, 0.2) is 48.6 Å². The standard InChI is InChI=1S/C20H22N2/c1-17-10-12-18(13-11-17)19-9-7-5-3-2-4-6-8-14-20(19,15-21)16-22/h5-8,10-13,19H,2-4,9,14H2,1H3/b7-5+,8-6+. The molecule has 0 aromatic heterocycles. The second-order valence-electron chi connectivity index (χ2n) is 5.97. The molecule has 112 valence electrons. The molecule has 1 atom stereocenters. The molecule has 1 aromatic carbocycles. The smallest absolute Gasteiger partial charge is 0.154 e. The molecule has 22 heavy (non-hydrogen) atoms. The van der Waals surface area contributed by atoms with E-state index >= 15 is 0 Å². The SMILES string of the molecule is Cc1ccc(C2C/C=C/CCC/C=C/CC2(C#N)C#N)cc1. The highest BCUT2D eigenvalue weighted by Crippen LogP contribution is 2.41. The van der Waals surface area contributed by atoms with Crippen LogP contribution in [0.2, 0.25) is 0 Å². The summed E-state index contributed by atoms with van der Waals surface area (Å²) in [5.74, 6) is -0.0953. The van der Waals surface area contributed by atoms with E-state index in [1.807, 2.05) is 13.0 Å². The fraction of sp³-hybridized carbons (Fsp3) is 0.400. The Balaban J connectivity index is 2.45. The van der Waals surface area contributed by atoms with E-state index in [1.165, 1.54) is 5.56 Å². The van der Waals surface area contributed by atoms with Gasteiger partial charge in [-0.3, -0.25) is 0 Å². The lowest BCUT2D eigenvalue weighted by atomic mass is 9.70. The van der Waals surface area contributed by atoms with Gasteiger partial charge in [0.25, 0.3) is 0 Å². The van der Waals surface area contributed by atoms with E-state index in [2.05, 4.69) is 54.6 Å². The molecule has 2 heteroatoms. The van der Waals surface area contributed by atoms with Gasteiger partial charge in [-0.1, -0.05) is 54.1 Å². The fourth-order valence-corrected chi connectivity index (χ4v) is 2.93. The molecule has 0 saturated heterocycles. The van der Waals surface area contributed by atoms with Crippen LogP contribution in [0.5, 0.6) is 0 Å². The Labute approximate surface area is 133 Å². The molecule has 0 bridgehead atoms. The predicted molar refractivity (Wildman–Crippen MR) is 88.9 cm³/mol. The molecule has 0 fully saturated rings. The van der Waals surface area contributed by atoms with Crippen LogP contribution in [0.4, 0.5) is 0 Å². The summed E-state index contributed by atoms with van der Waals surface area (Å²) < 4.78 is 0. The van der Waals surface area contributed by atoms with Gasteiger partial charge in [0.2, 0.25) is 0 Å². The average molecular weight is 290 g/mol. The Hall–Kier alpha value is -2.32. The van der Waals surface area contributed by atoms with Crippen LogP contribution in [0.1, 0.15) is 49.1 Å². The molecule has 2 nitrogen and oxygen atoms in total. The normalized spacial score (nSPS) is 24.2. The molecule has 1 unspecified atom stereocenters. The van der Waals surface area contributed by atoms with Crippen LogP contribution in [0.25, 0.3) is 0 Å². The van der Waals surface area contributed by atoms with Gasteiger partial charge in [0.1, 0.15) is 0 Å². The van der Waals surface area contributed by atoms with Crippen LogP contribution in [-0.2, 0) is 0 Å². The second-order valence-corrected chi connectivity index (χ2v) is 5.97. The summed E-state index contributed by atoms with van der Waals surface area (Å²) in [4.78, 5) is 0. The van der Waals surface area contributed by atoms with Crippen molar-refractivity contribution in [1.82, 2.24) is 0 Å². The number of rotatable bonds is 1. The van der Waals surface area contributed by atoms with Crippen molar-refractivity contribution < 1.29 is 0 Å². The first-order valence-corrected chi connectivity index (χ1v) is 7.91. The Morgan fingerprint density at radius 1 is 0.955 bits per heavy atom. The highest BCUT2D eigenvalue weighted by atomic mass is 14.5. The molecule has 0 heterocycles. The molecular formula is C20H22N2. The topological polar surface area (TPSA) is 47.6 Å². The van der Waals surface area contributed by atoms with E-state index in [9.17, 15) is 10.5 Å². The third-order valence-electron chi connectivity index (χ3n) is 4.36. The van der Waals surface area contributed by atoms with E-state index in [4.69, 9.17) is 0 Å². The zero-order chi connectivity index (χ0) is 15.8. The van der Waals surface area contributed by atoms with Gasteiger partial charge in [0, 0.05) is 5.92 Å². The van der Waals surface area contributed by atoms with Gasteiger partial charge in [-0.2, -0.15) is 10.5 Å². The fourth-order valence-electron chi connectivity index (χ4n) is 2.93. The van der Waals surface area contributed by atoms with E-state index in [-0.39, 0.29) is 5.92 Å². The largest absolute Gasteiger partial charge is 0.197 e. The van der Waals surface area contributed by atoms with Crippen molar-refractivity contribution in [1.29, 1.82) is 10.5 Å². The molecule has 0 aliphatic heterocycles. The van der Waals surface area contributed by atoms with Gasteiger partial charge in [-0.15, -0.1) is 0 Å². The lowest BCUT2D eigenvalue weighted by molar-refractivity contribution is 0.415. The maximum atomic E-state index is 9.75. The molecule has 1 aliphatic carbocycles. The third kappa shape index (κ3) is 3.66. The Morgan fingerprint density at radius 2 is 1.59 bits per heavy atom. The highest BCUT2D eigenvalue weighted by molar-refractivity contribution is 5.34. The van der Waals surface area contributed by atoms with Crippen molar-refractivity contribution in [3.05, 3.63) is 59.7 Å². The first kappa shape index (κ1) is 16.1. The lowest BCUT2D eigenvalue weighted by Crippen LogP contribution is -2.25. The van der Waals surface area contributed by atoms with Crippen molar-refractivity contribution in [2.45, 2.75) is 44.9 Å². The summed E-state index contributed by atoms with van der Waals surface area (Å²) in [6.07, 6.45) is 12.8. The first-order valence-electron chi connectivity index (χ1n) is 7.91. The summed E-state index contributed by atoms with van der Waals surface area (Å²) >= 11 is 0. The molecule has 0 spiro atoms. The lowest BCUT2D eigenvalue weighted by Gasteiger charge is -2.28. The monoisotopic (exact) mass is 290 g/mol. The highest BCUT2D eigenvalue weighted by Gasteiger charge is 2.39. The van der Waals surface area contributed by atoms with Gasteiger partial charge in [-0.05, 0) is 44.6 Å². The van der Waals surface area contributed by atoms with Gasteiger partial charge in [0.15, 0.2) is 5.41 Å².